The zero-order valence-electron chi connectivity index (χ0n) is 5.51. The first-order valence-electron chi connectivity index (χ1n) is 3.01. The summed E-state index contributed by atoms with van der Waals surface area (Å²) in [4.78, 5) is 0. The summed E-state index contributed by atoms with van der Waals surface area (Å²) in [7, 11) is 0. The van der Waals surface area contributed by atoms with Crippen LogP contribution in [-0.2, 0) is 0 Å². The predicted molar refractivity (Wildman–Crippen MR) is 40.9 cm³/mol. The monoisotopic (exact) mass is 164 g/mol. The Labute approximate surface area is 67.1 Å². The number of hydrogen-bond donors (Lipinski definition) is 0. The van der Waals surface area contributed by atoms with Crippen molar-refractivity contribution in [2.24, 2.45) is 0 Å². The van der Waals surface area contributed by atoms with Crippen molar-refractivity contribution in [2.75, 3.05) is 0 Å². The maximum absolute atomic E-state index is 3.89. The first-order chi connectivity index (χ1) is 5.47. The van der Waals surface area contributed by atoms with Gasteiger partial charge in [0.1, 0.15) is 5.69 Å². The van der Waals surface area contributed by atoms with Gasteiger partial charge in [0, 0.05) is 10.9 Å². The van der Waals surface area contributed by atoms with Gasteiger partial charge in [0.25, 0.3) is 0 Å². The molecule has 0 unspecified atom stereocenters. The summed E-state index contributed by atoms with van der Waals surface area (Å²) < 4.78 is 3.74. The maximum atomic E-state index is 3.89. The Morgan fingerprint density at radius 3 is 2.91 bits per heavy atom. The average molecular weight is 164 g/mol. The van der Waals surface area contributed by atoms with Crippen molar-refractivity contribution in [3.63, 3.8) is 0 Å². The molecule has 0 bridgehead atoms. The quantitative estimate of drug-likeness (QED) is 0.630. The molecule has 0 radical (unpaired) electrons. The minimum Gasteiger partial charge on any atom is -0.159 e. The number of aromatic nitrogens is 4. The van der Waals surface area contributed by atoms with Crippen LogP contribution >= 0.6 is 11.5 Å². The summed E-state index contributed by atoms with van der Waals surface area (Å²) >= 11 is 1.33. The van der Waals surface area contributed by atoms with Crippen molar-refractivity contribution in [3.05, 3.63) is 23.8 Å². The molecule has 54 valence electrons. The van der Waals surface area contributed by atoms with Gasteiger partial charge < -0.3 is 0 Å². The first kappa shape index (κ1) is 6.36. The van der Waals surface area contributed by atoms with Gasteiger partial charge >= 0.3 is 0 Å². The lowest BCUT2D eigenvalue weighted by molar-refractivity contribution is 1.03. The van der Waals surface area contributed by atoms with Gasteiger partial charge in [-0.3, -0.25) is 0 Å². The molecule has 11 heavy (non-hydrogen) atoms. The van der Waals surface area contributed by atoms with Gasteiger partial charge in [-0.25, -0.2) is 0 Å². The molecule has 0 saturated heterocycles. The van der Waals surface area contributed by atoms with Crippen molar-refractivity contribution >= 4 is 11.5 Å². The largest absolute Gasteiger partial charge is 0.159 e. The molecule has 0 atom stereocenters. The molecule has 0 aliphatic carbocycles. The van der Waals surface area contributed by atoms with E-state index in [0.717, 1.165) is 11.3 Å². The van der Waals surface area contributed by atoms with Gasteiger partial charge in [-0.1, -0.05) is 4.49 Å². The average Bonchev–Trinajstić information content (AvgIpc) is 2.58. The summed E-state index contributed by atoms with van der Waals surface area (Å²) in [6, 6.07) is 1.85. The highest BCUT2D eigenvalue weighted by Crippen LogP contribution is 2.14. The molecule has 2 aromatic heterocycles. The van der Waals surface area contributed by atoms with Crippen LogP contribution in [0.5, 0.6) is 0 Å². The fourth-order valence-corrected chi connectivity index (χ4v) is 1.20. The molecule has 2 rings (SSSR count). The lowest BCUT2D eigenvalue weighted by Crippen LogP contribution is -1.81. The Morgan fingerprint density at radius 2 is 2.27 bits per heavy atom. The molecule has 4 nitrogen and oxygen atoms in total. The second-order valence-corrected chi connectivity index (χ2v) is 2.53. The fourth-order valence-electron chi connectivity index (χ4n) is 0.733. The molecule has 2 heterocycles. The van der Waals surface area contributed by atoms with E-state index in [2.05, 4.69) is 19.8 Å². The third kappa shape index (κ3) is 1.22. The SMILES string of the molecule is c1cc(-c2csnn2)cnn1. The summed E-state index contributed by atoms with van der Waals surface area (Å²) in [6.45, 7) is 0. The lowest BCUT2D eigenvalue weighted by atomic mass is 10.2. The van der Waals surface area contributed by atoms with Gasteiger partial charge in [-0.05, 0) is 17.6 Å². The molecule has 0 N–H and O–H groups in total. The summed E-state index contributed by atoms with van der Waals surface area (Å²) in [5, 5.41) is 13.1. The molecule has 0 aromatic carbocycles. The van der Waals surface area contributed by atoms with Crippen LogP contribution in [0.3, 0.4) is 0 Å². The second kappa shape index (κ2) is 2.71. The van der Waals surface area contributed by atoms with Crippen LogP contribution in [-0.4, -0.2) is 19.8 Å². The highest BCUT2D eigenvalue weighted by Gasteiger charge is 1.98. The highest BCUT2D eigenvalue weighted by atomic mass is 32.1. The third-order valence-electron chi connectivity index (χ3n) is 1.24. The molecule has 0 saturated carbocycles. The van der Waals surface area contributed by atoms with E-state index >= 15 is 0 Å². The van der Waals surface area contributed by atoms with Gasteiger partial charge in [0.05, 0.1) is 12.4 Å². The van der Waals surface area contributed by atoms with E-state index in [1.54, 1.807) is 12.4 Å². The zero-order chi connectivity index (χ0) is 7.52. The Kier molecular flexibility index (Phi) is 1.57. The van der Waals surface area contributed by atoms with Crippen molar-refractivity contribution in [2.45, 2.75) is 0 Å². The highest BCUT2D eigenvalue weighted by molar-refractivity contribution is 7.03. The molecule has 0 aliphatic rings. The number of nitrogens with zero attached hydrogens (tertiary/aromatic N) is 4. The molecule has 5 heteroatoms. The van der Waals surface area contributed by atoms with E-state index in [4.69, 9.17) is 0 Å². The van der Waals surface area contributed by atoms with Gasteiger partial charge in [0.15, 0.2) is 0 Å². The van der Waals surface area contributed by atoms with E-state index in [1.165, 1.54) is 11.5 Å². The molecular weight excluding hydrogens is 160 g/mol. The minimum atomic E-state index is 0.852. The Balaban J connectivity index is 2.46. The van der Waals surface area contributed by atoms with Gasteiger partial charge in [-0.15, -0.1) is 5.10 Å². The number of hydrogen-bond acceptors (Lipinski definition) is 5. The molecule has 0 amide bonds. The summed E-state index contributed by atoms with van der Waals surface area (Å²) in [6.07, 6.45) is 3.30. The minimum absolute atomic E-state index is 0.852. The zero-order valence-corrected chi connectivity index (χ0v) is 6.32. The lowest BCUT2D eigenvalue weighted by Gasteiger charge is -1.89. The van der Waals surface area contributed by atoms with E-state index in [-0.39, 0.29) is 0 Å². The molecule has 0 spiro atoms. The Morgan fingerprint density at radius 1 is 1.27 bits per heavy atom. The van der Waals surface area contributed by atoms with Crippen molar-refractivity contribution in [3.8, 4) is 11.3 Å². The van der Waals surface area contributed by atoms with Crippen LogP contribution in [0.15, 0.2) is 23.8 Å². The van der Waals surface area contributed by atoms with Crippen LogP contribution in [0, 0.1) is 0 Å². The van der Waals surface area contributed by atoms with Gasteiger partial charge in [-0.2, -0.15) is 10.2 Å². The van der Waals surface area contributed by atoms with E-state index in [1.807, 2.05) is 11.4 Å². The Hall–Kier alpha value is -1.36. The third-order valence-corrected chi connectivity index (χ3v) is 1.74. The van der Waals surface area contributed by atoms with Gasteiger partial charge in [0.2, 0.25) is 0 Å². The fraction of sp³-hybridized carbons (Fsp3) is 0. The van der Waals surface area contributed by atoms with Crippen molar-refractivity contribution < 1.29 is 0 Å². The van der Waals surface area contributed by atoms with E-state index < -0.39 is 0 Å². The summed E-state index contributed by atoms with van der Waals surface area (Å²) in [5.41, 5.74) is 1.80. The molecule has 0 aliphatic heterocycles. The number of rotatable bonds is 1. The maximum Gasteiger partial charge on any atom is 0.107 e. The molecule has 2 aromatic rings. The molecular formula is C6H4N4S. The van der Waals surface area contributed by atoms with Crippen LogP contribution in [0.4, 0.5) is 0 Å². The normalized spacial score (nSPS) is 9.82. The molecule has 0 fully saturated rings. The van der Waals surface area contributed by atoms with Crippen LogP contribution in [0.1, 0.15) is 0 Å². The Bertz CT molecular complexity index is 318. The predicted octanol–water partition coefficient (Wildman–Crippen LogP) is 0.995. The second-order valence-electron chi connectivity index (χ2n) is 1.92. The van der Waals surface area contributed by atoms with Crippen LogP contribution in [0.25, 0.3) is 11.3 Å². The summed E-state index contributed by atoms with van der Waals surface area (Å²) in [5.74, 6) is 0. The van der Waals surface area contributed by atoms with E-state index in [0.29, 0.717) is 0 Å². The first-order valence-corrected chi connectivity index (χ1v) is 3.84. The van der Waals surface area contributed by atoms with Crippen LogP contribution in [0.2, 0.25) is 0 Å². The topological polar surface area (TPSA) is 51.6 Å². The smallest absolute Gasteiger partial charge is 0.107 e. The van der Waals surface area contributed by atoms with E-state index in [9.17, 15) is 0 Å². The van der Waals surface area contributed by atoms with Crippen LogP contribution < -0.4 is 0 Å². The van der Waals surface area contributed by atoms with Crippen molar-refractivity contribution in [1.29, 1.82) is 0 Å². The van der Waals surface area contributed by atoms with Crippen molar-refractivity contribution in [1.82, 2.24) is 19.8 Å². The standard InChI is InChI=1S/C6H4N4S/c1-2-7-8-3-5(1)6-4-11-10-9-6/h1-4H.